The minimum Gasteiger partial charge on any atom is -0.374 e. The van der Waals surface area contributed by atoms with Crippen molar-refractivity contribution in [1.82, 2.24) is 0 Å². The summed E-state index contributed by atoms with van der Waals surface area (Å²) in [7, 11) is 1.59. The Labute approximate surface area is 60.2 Å². The van der Waals surface area contributed by atoms with Crippen LogP contribution in [-0.2, 0) is 4.74 Å². The van der Waals surface area contributed by atoms with Gasteiger partial charge in [-0.05, 0) is 25.5 Å². The van der Waals surface area contributed by atoms with Crippen molar-refractivity contribution in [2.75, 3.05) is 7.11 Å². The van der Waals surface area contributed by atoms with Gasteiger partial charge in [-0.25, -0.2) is 4.39 Å². The van der Waals surface area contributed by atoms with Crippen LogP contribution in [0.4, 0.5) is 4.39 Å². The van der Waals surface area contributed by atoms with E-state index in [4.69, 9.17) is 4.74 Å². The molecular weight excluding hydrogens is 131 g/mol. The second kappa shape index (κ2) is 2.54. The zero-order valence-electron chi connectivity index (χ0n) is 6.23. The van der Waals surface area contributed by atoms with Gasteiger partial charge in [0.05, 0.1) is 5.60 Å². The predicted molar refractivity (Wildman–Crippen MR) is 38.4 cm³/mol. The van der Waals surface area contributed by atoms with Crippen LogP contribution in [0, 0.1) is 0 Å². The van der Waals surface area contributed by atoms with Gasteiger partial charge in [0.25, 0.3) is 0 Å². The monoisotopic (exact) mass is 142 g/mol. The molecule has 0 aliphatic heterocycles. The molecule has 0 N–H and O–H groups in total. The van der Waals surface area contributed by atoms with E-state index in [1.54, 1.807) is 13.2 Å². The first-order chi connectivity index (χ1) is 4.66. The second-order valence-electron chi connectivity index (χ2n) is 2.65. The van der Waals surface area contributed by atoms with Crippen molar-refractivity contribution in [3.8, 4) is 0 Å². The van der Waals surface area contributed by atoms with Crippen molar-refractivity contribution in [2.45, 2.75) is 18.9 Å². The van der Waals surface area contributed by atoms with Crippen LogP contribution in [0.2, 0.25) is 0 Å². The fraction of sp³-hybridized carbons (Fsp3) is 0.500. The molecule has 0 fully saturated rings. The average Bonchev–Trinajstić information content (AvgIpc) is 1.88. The molecule has 1 atom stereocenters. The van der Waals surface area contributed by atoms with Gasteiger partial charge in [0, 0.05) is 7.11 Å². The number of methoxy groups -OCH3 is 1. The Morgan fingerprint density at radius 1 is 1.70 bits per heavy atom. The van der Waals surface area contributed by atoms with Crippen LogP contribution in [-0.4, -0.2) is 12.7 Å². The lowest BCUT2D eigenvalue weighted by Crippen LogP contribution is -2.25. The SMILES string of the molecule is COC1(C)C=C(F)C=CC1. The van der Waals surface area contributed by atoms with Crippen molar-refractivity contribution >= 4 is 0 Å². The first-order valence-corrected chi connectivity index (χ1v) is 3.26. The molecule has 0 spiro atoms. The molecule has 56 valence electrons. The quantitative estimate of drug-likeness (QED) is 0.545. The fourth-order valence-electron chi connectivity index (χ4n) is 0.946. The van der Waals surface area contributed by atoms with E-state index >= 15 is 0 Å². The largest absolute Gasteiger partial charge is 0.374 e. The summed E-state index contributed by atoms with van der Waals surface area (Å²) in [4.78, 5) is 0. The molecule has 1 rings (SSSR count). The predicted octanol–water partition coefficient (Wildman–Crippen LogP) is 2.20. The van der Waals surface area contributed by atoms with Crippen LogP contribution in [0.1, 0.15) is 13.3 Å². The third kappa shape index (κ3) is 1.45. The Balaban J connectivity index is 2.76. The lowest BCUT2D eigenvalue weighted by Gasteiger charge is -2.24. The van der Waals surface area contributed by atoms with Crippen molar-refractivity contribution in [2.24, 2.45) is 0 Å². The molecule has 1 aliphatic carbocycles. The molecule has 0 bridgehead atoms. The van der Waals surface area contributed by atoms with E-state index in [0.717, 1.165) is 6.42 Å². The molecule has 0 aromatic carbocycles. The lowest BCUT2D eigenvalue weighted by atomic mass is 9.97. The molecule has 0 saturated heterocycles. The fourth-order valence-corrected chi connectivity index (χ4v) is 0.946. The van der Waals surface area contributed by atoms with Crippen LogP contribution in [0.5, 0.6) is 0 Å². The van der Waals surface area contributed by atoms with Crippen molar-refractivity contribution < 1.29 is 9.13 Å². The van der Waals surface area contributed by atoms with Gasteiger partial charge in [0.1, 0.15) is 5.83 Å². The van der Waals surface area contributed by atoms with E-state index in [0.29, 0.717) is 0 Å². The molecule has 0 aromatic rings. The lowest BCUT2D eigenvalue weighted by molar-refractivity contribution is 0.0486. The molecule has 1 nitrogen and oxygen atoms in total. The number of hydrogen-bond acceptors (Lipinski definition) is 1. The summed E-state index contributed by atoms with van der Waals surface area (Å²) in [5.41, 5.74) is -0.432. The summed E-state index contributed by atoms with van der Waals surface area (Å²) in [5.74, 6) is -0.212. The Morgan fingerprint density at radius 3 is 2.80 bits per heavy atom. The highest BCUT2D eigenvalue weighted by Crippen LogP contribution is 2.24. The summed E-state index contributed by atoms with van der Waals surface area (Å²) in [6.07, 6.45) is 5.48. The van der Waals surface area contributed by atoms with Crippen LogP contribution in [0.15, 0.2) is 24.1 Å². The van der Waals surface area contributed by atoms with Gasteiger partial charge in [0.15, 0.2) is 0 Å². The molecular formula is C8H11FO. The highest BCUT2D eigenvalue weighted by Gasteiger charge is 2.21. The normalized spacial score (nSPS) is 32.1. The van der Waals surface area contributed by atoms with Crippen LogP contribution < -0.4 is 0 Å². The van der Waals surface area contributed by atoms with E-state index in [1.165, 1.54) is 12.2 Å². The van der Waals surface area contributed by atoms with Crippen LogP contribution in [0.3, 0.4) is 0 Å². The summed E-state index contributed by atoms with van der Waals surface area (Å²) in [6, 6.07) is 0. The van der Waals surface area contributed by atoms with Gasteiger partial charge in [-0.3, -0.25) is 0 Å². The van der Waals surface area contributed by atoms with E-state index < -0.39 is 5.60 Å². The standard InChI is InChI=1S/C8H11FO/c1-8(10-2)5-3-4-7(9)6-8/h3-4,6H,5H2,1-2H3. The van der Waals surface area contributed by atoms with E-state index in [2.05, 4.69) is 0 Å². The molecule has 0 amide bonds. The van der Waals surface area contributed by atoms with E-state index in [1.807, 2.05) is 6.92 Å². The molecule has 10 heavy (non-hydrogen) atoms. The number of ether oxygens (including phenoxy) is 1. The number of hydrogen-bond donors (Lipinski definition) is 0. The Morgan fingerprint density at radius 2 is 2.40 bits per heavy atom. The molecule has 1 aliphatic rings. The zero-order chi connectivity index (χ0) is 7.61. The van der Waals surface area contributed by atoms with Crippen LogP contribution >= 0.6 is 0 Å². The third-order valence-electron chi connectivity index (χ3n) is 1.71. The topological polar surface area (TPSA) is 9.23 Å². The summed E-state index contributed by atoms with van der Waals surface area (Å²) < 4.78 is 17.6. The van der Waals surface area contributed by atoms with Crippen molar-refractivity contribution in [3.05, 3.63) is 24.1 Å². The van der Waals surface area contributed by atoms with Gasteiger partial charge in [-0.15, -0.1) is 0 Å². The summed E-state index contributed by atoms with van der Waals surface area (Å²) in [6.45, 7) is 1.86. The highest BCUT2D eigenvalue weighted by molar-refractivity contribution is 5.22. The zero-order valence-corrected chi connectivity index (χ0v) is 6.23. The first kappa shape index (κ1) is 7.48. The molecule has 2 heteroatoms. The van der Waals surface area contributed by atoms with E-state index in [-0.39, 0.29) is 5.83 Å². The number of rotatable bonds is 1. The van der Waals surface area contributed by atoms with Crippen LogP contribution in [0.25, 0.3) is 0 Å². The molecule has 0 aromatic heterocycles. The Kier molecular flexibility index (Phi) is 1.90. The summed E-state index contributed by atoms with van der Waals surface area (Å²) in [5, 5.41) is 0. The summed E-state index contributed by atoms with van der Waals surface area (Å²) >= 11 is 0. The number of halogens is 1. The number of allylic oxidation sites excluding steroid dienone is 2. The minimum atomic E-state index is -0.432. The molecule has 1 unspecified atom stereocenters. The highest BCUT2D eigenvalue weighted by atomic mass is 19.1. The first-order valence-electron chi connectivity index (χ1n) is 3.26. The minimum absolute atomic E-state index is 0.212. The average molecular weight is 142 g/mol. The van der Waals surface area contributed by atoms with Crippen molar-refractivity contribution in [1.29, 1.82) is 0 Å². The smallest absolute Gasteiger partial charge is 0.121 e. The maximum atomic E-state index is 12.6. The third-order valence-corrected chi connectivity index (χ3v) is 1.71. The van der Waals surface area contributed by atoms with Gasteiger partial charge in [-0.1, -0.05) is 6.08 Å². The Hall–Kier alpha value is -0.630. The van der Waals surface area contributed by atoms with E-state index in [9.17, 15) is 4.39 Å². The van der Waals surface area contributed by atoms with Gasteiger partial charge >= 0.3 is 0 Å². The van der Waals surface area contributed by atoms with Gasteiger partial charge in [-0.2, -0.15) is 0 Å². The Bertz CT molecular complexity index is 184. The maximum Gasteiger partial charge on any atom is 0.121 e. The molecule has 0 saturated carbocycles. The molecule has 0 heterocycles. The van der Waals surface area contributed by atoms with Gasteiger partial charge in [0.2, 0.25) is 0 Å². The maximum absolute atomic E-state index is 12.6. The van der Waals surface area contributed by atoms with Crippen molar-refractivity contribution in [3.63, 3.8) is 0 Å². The van der Waals surface area contributed by atoms with Gasteiger partial charge < -0.3 is 4.74 Å². The molecule has 0 radical (unpaired) electrons. The second-order valence-corrected chi connectivity index (χ2v) is 2.65.